The van der Waals surface area contributed by atoms with E-state index in [1.807, 2.05) is 16.7 Å². The number of hydrogen-bond donors (Lipinski definition) is 2. The standard InChI is InChI=1S/C33H44FN5O2S/c1-33(2,34)24-39-28(7-6-18-35-25-10-12-29(13-11-25)42(4,40)41)23-30-31(8-5-9-32(30)39)36-26-14-21-38(22-15-26)27-16-19-37(3)20-17-27/h5,8-13,23,26-27,35-36H,14-22,24H2,1-4H3. The maximum Gasteiger partial charge on any atom is 0.175 e. The topological polar surface area (TPSA) is 69.6 Å². The highest BCUT2D eigenvalue weighted by Gasteiger charge is 2.28. The smallest absolute Gasteiger partial charge is 0.175 e. The Morgan fingerprint density at radius 2 is 1.69 bits per heavy atom. The number of likely N-dealkylation sites (tertiary alicyclic amines) is 2. The summed E-state index contributed by atoms with van der Waals surface area (Å²) in [6.07, 6.45) is 5.95. The van der Waals surface area contributed by atoms with Crippen molar-refractivity contribution in [3.63, 3.8) is 0 Å². The first-order valence-corrected chi connectivity index (χ1v) is 16.9. The number of piperidine rings is 2. The average molecular weight is 594 g/mol. The minimum Gasteiger partial charge on any atom is -0.382 e. The second-order valence-corrected chi connectivity index (χ2v) is 14.5. The van der Waals surface area contributed by atoms with Crippen LogP contribution in [0.5, 0.6) is 0 Å². The maximum atomic E-state index is 14.9. The van der Waals surface area contributed by atoms with Crippen LogP contribution in [0.3, 0.4) is 0 Å². The van der Waals surface area contributed by atoms with Crippen LogP contribution in [0.15, 0.2) is 53.4 Å². The molecule has 9 heteroatoms. The normalized spacial score (nSPS) is 18.1. The number of anilines is 2. The van der Waals surface area contributed by atoms with Gasteiger partial charge in [-0.3, -0.25) is 0 Å². The van der Waals surface area contributed by atoms with Crippen LogP contribution in [0, 0.1) is 11.8 Å². The Balaban J connectivity index is 1.29. The van der Waals surface area contributed by atoms with Crippen molar-refractivity contribution >= 4 is 32.1 Å². The van der Waals surface area contributed by atoms with Gasteiger partial charge < -0.3 is 25.0 Å². The zero-order chi connectivity index (χ0) is 29.9. The van der Waals surface area contributed by atoms with E-state index >= 15 is 0 Å². The SMILES string of the molecule is CN1CCC(N2CCC(Nc3cccc4c3cc(C#CCNc3ccc(S(C)(=O)=O)cc3)n4CC(C)(C)F)CC2)CC1. The summed E-state index contributed by atoms with van der Waals surface area (Å²) in [4.78, 5) is 5.40. The van der Waals surface area contributed by atoms with Crippen LogP contribution >= 0.6 is 0 Å². The summed E-state index contributed by atoms with van der Waals surface area (Å²) >= 11 is 0. The van der Waals surface area contributed by atoms with E-state index in [1.54, 1.807) is 38.1 Å². The number of nitrogens with one attached hydrogen (secondary N) is 2. The van der Waals surface area contributed by atoms with Crippen LogP contribution in [0.2, 0.25) is 0 Å². The molecule has 3 aromatic rings. The zero-order valence-electron chi connectivity index (χ0n) is 25.3. The van der Waals surface area contributed by atoms with Crippen LogP contribution < -0.4 is 10.6 Å². The van der Waals surface area contributed by atoms with Gasteiger partial charge in [0.1, 0.15) is 5.67 Å². The van der Waals surface area contributed by atoms with E-state index in [9.17, 15) is 12.8 Å². The molecule has 2 aromatic carbocycles. The molecule has 3 heterocycles. The van der Waals surface area contributed by atoms with Gasteiger partial charge in [-0.05, 0) is 108 Å². The van der Waals surface area contributed by atoms with Gasteiger partial charge in [0, 0.05) is 48.2 Å². The van der Waals surface area contributed by atoms with Gasteiger partial charge in [0.15, 0.2) is 9.84 Å². The van der Waals surface area contributed by atoms with Crippen molar-refractivity contribution in [3.8, 4) is 11.8 Å². The summed E-state index contributed by atoms with van der Waals surface area (Å²) < 4.78 is 40.3. The van der Waals surface area contributed by atoms with Crippen molar-refractivity contribution in [2.75, 3.05) is 56.7 Å². The molecule has 0 saturated carbocycles. The molecular formula is C33H44FN5O2S. The number of alkyl halides is 1. The summed E-state index contributed by atoms with van der Waals surface area (Å²) in [5, 5.41) is 8.10. The molecule has 2 saturated heterocycles. The van der Waals surface area contributed by atoms with Crippen LogP contribution in [0.1, 0.15) is 45.2 Å². The van der Waals surface area contributed by atoms with Gasteiger partial charge in [-0.15, -0.1) is 0 Å². The first-order valence-electron chi connectivity index (χ1n) is 15.0. The fraction of sp³-hybridized carbons (Fsp3) is 0.515. The molecule has 226 valence electrons. The maximum absolute atomic E-state index is 14.9. The van der Waals surface area contributed by atoms with Crippen molar-refractivity contribution in [2.24, 2.45) is 0 Å². The Hall–Kier alpha value is -3.06. The quantitative estimate of drug-likeness (QED) is 0.349. The summed E-state index contributed by atoms with van der Waals surface area (Å²) in [6.45, 7) is 8.41. The summed E-state index contributed by atoms with van der Waals surface area (Å²) in [6, 6.07) is 16.0. The van der Waals surface area contributed by atoms with Crippen molar-refractivity contribution in [1.82, 2.24) is 14.4 Å². The number of rotatable bonds is 8. The average Bonchev–Trinajstić information content (AvgIpc) is 3.28. The molecule has 1 aromatic heterocycles. The molecule has 0 radical (unpaired) electrons. The van der Waals surface area contributed by atoms with E-state index in [0.29, 0.717) is 18.6 Å². The van der Waals surface area contributed by atoms with Crippen molar-refractivity contribution in [1.29, 1.82) is 0 Å². The fourth-order valence-corrected chi connectivity index (χ4v) is 6.78. The molecule has 0 aliphatic carbocycles. The zero-order valence-corrected chi connectivity index (χ0v) is 26.1. The molecule has 2 aliphatic heterocycles. The number of sulfone groups is 1. The largest absolute Gasteiger partial charge is 0.382 e. The monoisotopic (exact) mass is 593 g/mol. The number of hydrogen-bond acceptors (Lipinski definition) is 6. The van der Waals surface area contributed by atoms with Crippen LogP contribution in [0.25, 0.3) is 10.9 Å². The van der Waals surface area contributed by atoms with Gasteiger partial charge >= 0.3 is 0 Å². The van der Waals surface area contributed by atoms with Crippen LogP contribution in [0.4, 0.5) is 15.8 Å². The number of halogens is 1. The summed E-state index contributed by atoms with van der Waals surface area (Å²) in [7, 11) is -1.02. The number of benzene rings is 2. The Kier molecular flexibility index (Phi) is 9.17. The Labute approximate surface area is 250 Å². The molecule has 2 aliphatic rings. The lowest BCUT2D eigenvalue weighted by Crippen LogP contribution is -2.48. The second kappa shape index (κ2) is 12.7. The third-order valence-electron chi connectivity index (χ3n) is 8.45. The van der Waals surface area contributed by atoms with E-state index in [-0.39, 0.29) is 11.4 Å². The van der Waals surface area contributed by atoms with E-state index < -0.39 is 15.5 Å². The molecule has 0 atom stereocenters. The third kappa shape index (κ3) is 7.66. The number of aromatic nitrogens is 1. The Bertz CT molecular complexity index is 1530. The lowest BCUT2D eigenvalue weighted by Gasteiger charge is -2.41. The summed E-state index contributed by atoms with van der Waals surface area (Å²) in [5.74, 6) is 6.43. The fourth-order valence-electron chi connectivity index (χ4n) is 6.15. The van der Waals surface area contributed by atoms with Gasteiger partial charge in [-0.1, -0.05) is 12.0 Å². The Morgan fingerprint density at radius 3 is 2.33 bits per heavy atom. The number of nitrogens with zero attached hydrogens (tertiary/aromatic N) is 3. The van der Waals surface area contributed by atoms with Gasteiger partial charge in [-0.2, -0.15) is 0 Å². The molecule has 2 fully saturated rings. The molecule has 0 amide bonds. The van der Waals surface area contributed by atoms with Gasteiger partial charge in [0.2, 0.25) is 0 Å². The van der Waals surface area contributed by atoms with E-state index in [0.717, 1.165) is 53.9 Å². The molecule has 5 rings (SSSR count). The number of fused-ring (bicyclic) bond motifs is 1. The molecule has 2 N–H and O–H groups in total. The highest BCUT2D eigenvalue weighted by atomic mass is 32.2. The minimum atomic E-state index is -3.23. The van der Waals surface area contributed by atoms with E-state index in [2.05, 4.69) is 51.5 Å². The van der Waals surface area contributed by atoms with Crippen molar-refractivity contribution < 1.29 is 12.8 Å². The highest BCUT2D eigenvalue weighted by molar-refractivity contribution is 7.90. The molecule has 0 unspecified atom stereocenters. The van der Waals surface area contributed by atoms with Crippen LogP contribution in [-0.2, 0) is 16.4 Å². The lowest BCUT2D eigenvalue weighted by atomic mass is 9.97. The summed E-state index contributed by atoms with van der Waals surface area (Å²) in [5.41, 5.74) is 2.22. The first kappa shape index (κ1) is 30.4. The lowest BCUT2D eigenvalue weighted by molar-refractivity contribution is 0.0994. The Morgan fingerprint density at radius 1 is 1.00 bits per heavy atom. The van der Waals surface area contributed by atoms with Crippen molar-refractivity contribution in [3.05, 3.63) is 54.2 Å². The third-order valence-corrected chi connectivity index (χ3v) is 9.58. The molecule has 42 heavy (non-hydrogen) atoms. The van der Waals surface area contributed by atoms with E-state index in [1.165, 1.54) is 32.2 Å². The molecule has 0 spiro atoms. The molecular weight excluding hydrogens is 549 g/mol. The van der Waals surface area contributed by atoms with Gasteiger partial charge in [-0.25, -0.2) is 12.8 Å². The van der Waals surface area contributed by atoms with E-state index in [4.69, 9.17) is 0 Å². The molecule has 7 nitrogen and oxygen atoms in total. The predicted molar refractivity (Wildman–Crippen MR) is 171 cm³/mol. The van der Waals surface area contributed by atoms with Crippen molar-refractivity contribution in [2.45, 2.75) is 68.7 Å². The van der Waals surface area contributed by atoms with Gasteiger partial charge in [0.25, 0.3) is 0 Å². The highest BCUT2D eigenvalue weighted by Crippen LogP contribution is 2.31. The van der Waals surface area contributed by atoms with Gasteiger partial charge in [0.05, 0.1) is 29.2 Å². The minimum absolute atomic E-state index is 0.208. The first-order chi connectivity index (χ1) is 20.0. The predicted octanol–water partition coefficient (Wildman–Crippen LogP) is 5.23. The second-order valence-electron chi connectivity index (χ2n) is 12.5. The molecule has 0 bridgehead atoms. The van der Waals surface area contributed by atoms with Crippen LogP contribution in [-0.4, -0.2) is 86.6 Å².